The summed E-state index contributed by atoms with van der Waals surface area (Å²) >= 11 is 0. The second-order valence-electron chi connectivity index (χ2n) is 4.81. The van der Waals surface area contributed by atoms with Crippen molar-refractivity contribution >= 4 is 27.2 Å². The van der Waals surface area contributed by atoms with Crippen LogP contribution in [0.15, 0.2) is 47.3 Å². The van der Waals surface area contributed by atoms with Gasteiger partial charge in [-0.05, 0) is 24.9 Å². The second kappa shape index (κ2) is 4.48. The number of hydrogen-bond donors (Lipinski definition) is 0. The van der Waals surface area contributed by atoms with Gasteiger partial charge in [-0.1, -0.05) is 30.3 Å². The Morgan fingerprint density at radius 1 is 0.950 bits per heavy atom. The zero-order valence-electron chi connectivity index (χ0n) is 11.3. The number of pyridine rings is 1. The molecule has 0 saturated heterocycles. The second-order valence-corrected chi connectivity index (χ2v) is 4.81. The predicted octanol–water partition coefficient (Wildman–Crippen LogP) is -0.570. The molecule has 0 fully saturated rings. The van der Waals surface area contributed by atoms with Crippen molar-refractivity contribution in [3.63, 3.8) is 0 Å². The maximum atomic E-state index is 12.4. The van der Waals surface area contributed by atoms with Crippen LogP contribution in [-0.2, 0) is 0 Å². The smallest absolute Gasteiger partial charge is 0.859 e. The fourth-order valence-electron chi connectivity index (χ4n) is 2.88. The first kappa shape index (κ1) is 13.4. The zero-order chi connectivity index (χ0) is 13.1. The number of rotatable bonds is 0. The Morgan fingerprint density at radius 3 is 2.40 bits per heavy atom. The average molecular weight is 271 g/mol. The van der Waals surface area contributed by atoms with Crippen LogP contribution in [0.2, 0.25) is 0 Å². The van der Waals surface area contributed by atoms with E-state index in [0.29, 0.717) is 5.39 Å². The molecular formula is C16H10NNaO2. The summed E-state index contributed by atoms with van der Waals surface area (Å²) in [5.74, 6) is -0.213. The summed E-state index contributed by atoms with van der Waals surface area (Å²) in [6.07, 6.45) is 0. The first-order chi connectivity index (χ1) is 9.20. The maximum absolute atomic E-state index is 12.4. The molecule has 0 aliphatic rings. The molecule has 0 atom stereocenters. The third-order valence-electron chi connectivity index (χ3n) is 3.80. The Kier molecular flexibility index (Phi) is 3.01. The number of fused-ring (bicyclic) bond motifs is 3. The standard InChI is InChI=1S/C16H11NO2.Na/c1-9-15(18)12-7-4-6-11-10-5-2-3-8-13(10)17(14(11)12)16(9)19;/h2-8,19H,1H3;/q;+1/p-1. The maximum Gasteiger partial charge on any atom is 1.00 e. The van der Waals surface area contributed by atoms with Gasteiger partial charge in [0.2, 0.25) is 0 Å². The van der Waals surface area contributed by atoms with Gasteiger partial charge in [-0.2, -0.15) is 0 Å². The van der Waals surface area contributed by atoms with Crippen LogP contribution in [0.25, 0.3) is 27.2 Å². The van der Waals surface area contributed by atoms with Crippen molar-refractivity contribution < 1.29 is 34.7 Å². The van der Waals surface area contributed by atoms with Gasteiger partial charge in [0.1, 0.15) is 0 Å². The first-order valence-corrected chi connectivity index (χ1v) is 6.15. The van der Waals surface area contributed by atoms with Gasteiger partial charge in [0.05, 0.1) is 11.0 Å². The van der Waals surface area contributed by atoms with E-state index in [0.717, 1.165) is 21.8 Å². The Balaban J connectivity index is 0.00000121. The van der Waals surface area contributed by atoms with E-state index in [-0.39, 0.29) is 46.4 Å². The molecule has 0 amide bonds. The number of para-hydroxylation sites is 2. The molecule has 0 spiro atoms. The van der Waals surface area contributed by atoms with Crippen molar-refractivity contribution in [2.45, 2.75) is 6.92 Å². The van der Waals surface area contributed by atoms with E-state index < -0.39 is 0 Å². The summed E-state index contributed by atoms with van der Waals surface area (Å²) in [7, 11) is 0. The predicted molar refractivity (Wildman–Crippen MR) is 74.0 cm³/mol. The van der Waals surface area contributed by atoms with Gasteiger partial charge in [0, 0.05) is 21.7 Å². The fourth-order valence-corrected chi connectivity index (χ4v) is 2.88. The Hall–Kier alpha value is -1.55. The Labute approximate surface area is 137 Å². The molecule has 0 aliphatic heterocycles. The van der Waals surface area contributed by atoms with Gasteiger partial charge >= 0.3 is 29.6 Å². The van der Waals surface area contributed by atoms with Gasteiger partial charge in [0.25, 0.3) is 0 Å². The zero-order valence-corrected chi connectivity index (χ0v) is 13.3. The molecule has 2 heterocycles. The quantitative estimate of drug-likeness (QED) is 0.402. The first-order valence-electron chi connectivity index (χ1n) is 6.15. The molecule has 0 bridgehead atoms. The minimum atomic E-state index is -0.213. The van der Waals surface area contributed by atoms with Crippen LogP contribution >= 0.6 is 0 Å². The van der Waals surface area contributed by atoms with E-state index in [2.05, 4.69) is 0 Å². The molecule has 0 radical (unpaired) electrons. The molecule has 4 aromatic rings. The normalized spacial score (nSPS) is 11.2. The molecule has 92 valence electrons. The van der Waals surface area contributed by atoms with Gasteiger partial charge in [-0.3, -0.25) is 4.79 Å². The number of aromatic nitrogens is 1. The molecule has 4 rings (SSSR count). The molecule has 2 aromatic carbocycles. The van der Waals surface area contributed by atoms with Crippen LogP contribution < -0.4 is 40.1 Å². The van der Waals surface area contributed by atoms with E-state index in [1.807, 2.05) is 36.4 Å². The van der Waals surface area contributed by atoms with Crippen LogP contribution in [-0.4, -0.2) is 4.40 Å². The Morgan fingerprint density at radius 2 is 1.60 bits per heavy atom. The molecule has 0 saturated carbocycles. The number of benzene rings is 2. The molecule has 20 heavy (non-hydrogen) atoms. The SMILES string of the molecule is Cc1c([O-])n2c3ccccc3c3cccc(c1=O)c32.[Na+]. The molecule has 0 aliphatic carbocycles. The van der Waals surface area contributed by atoms with Gasteiger partial charge in [0.15, 0.2) is 5.43 Å². The van der Waals surface area contributed by atoms with Crippen molar-refractivity contribution in [3.8, 4) is 5.88 Å². The van der Waals surface area contributed by atoms with Gasteiger partial charge in [-0.15, -0.1) is 0 Å². The summed E-state index contributed by atoms with van der Waals surface area (Å²) in [5.41, 5.74) is 1.72. The van der Waals surface area contributed by atoms with Gasteiger partial charge < -0.3 is 9.51 Å². The monoisotopic (exact) mass is 271 g/mol. The van der Waals surface area contributed by atoms with Crippen molar-refractivity contribution in [2.75, 3.05) is 0 Å². The van der Waals surface area contributed by atoms with E-state index in [1.54, 1.807) is 17.4 Å². The average Bonchev–Trinajstić information content (AvgIpc) is 2.78. The minimum Gasteiger partial charge on any atom is -0.859 e. The van der Waals surface area contributed by atoms with Crippen molar-refractivity contribution in [3.05, 3.63) is 58.3 Å². The summed E-state index contributed by atoms with van der Waals surface area (Å²) < 4.78 is 1.66. The largest absolute Gasteiger partial charge is 1.00 e. The van der Waals surface area contributed by atoms with Crippen molar-refractivity contribution in [1.82, 2.24) is 4.40 Å². The molecule has 0 unspecified atom stereocenters. The minimum absolute atomic E-state index is 0. The van der Waals surface area contributed by atoms with E-state index >= 15 is 0 Å². The Bertz CT molecular complexity index is 1000. The van der Waals surface area contributed by atoms with Crippen LogP contribution in [0, 0.1) is 6.92 Å². The van der Waals surface area contributed by atoms with Crippen molar-refractivity contribution in [2.24, 2.45) is 0 Å². The molecule has 0 N–H and O–H groups in total. The van der Waals surface area contributed by atoms with E-state index in [4.69, 9.17) is 0 Å². The third kappa shape index (κ3) is 1.48. The van der Waals surface area contributed by atoms with E-state index in [9.17, 15) is 9.90 Å². The number of hydrogen-bond acceptors (Lipinski definition) is 2. The van der Waals surface area contributed by atoms with Gasteiger partial charge in [-0.25, -0.2) is 0 Å². The summed E-state index contributed by atoms with van der Waals surface area (Å²) in [6, 6.07) is 13.4. The van der Waals surface area contributed by atoms with E-state index in [1.165, 1.54) is 0 Å². The summed E-state index contributed by atoms with van der Waals surface area (Å²) in [6.45, 7) is 1.60. The molecular weight excluding hydrogens is 261 g/mol. The molecule has 2 aromatic heterocycles. The number of nitrogens with zero attached hydrogens (tertiary/aromatic N) is 1. The summed E-state index contributed by atoms with van der Waals surface area (Å²) in [4.78, 5) is 12.2. The molecule has 3 nitrogen and oxygen atoms in total. The van der Waals surface area contributed by atoms with Crippen LogP contribution in [0.4, 0.5) is 0 Å². The van der Waals surface area contributed by atoms with Crippen LogP contribution in [0.3, 0.4) is 0 Å². The summed E-state index contributed by atoms with van der Waals surface area (Å²) in [5, 5.41) is 15.0. The van der Waals surface area contributed by atoms with Crippen molar-refractivity contribution in [1.29, 1.82) is 0 Å². The molecule has 4 heteroatoms. The van der Waals surface area contributed by atoms with Crippen LogP contribution in [0.5, 0.6) is 5.88 Å². The fraction of sp³-hybridized carbons (Fsp3) is 0.0625. The third-order valence-corrected chi connectivity index (χ3v) is 3.80. The topological polar surface area (TPSA) is 44.5 Å². The van der Waals surface area contributed by atoms with Crippen LogP contribution in [0.1, 0.15) is 5.56 Å².